The maximum absolute atomic E-state index is 5.71. The van der Waals surface area contributed by atoms with Gasteiger partial charge < -0.3 is 19.2 Å². The number of hydrogen-bond donors (Lipinski definition) is 1. The standard InChI is InChI=1S/C14H17NO3/c1-15-9-14-11(6-7-17-14)10-18-13-5-3-4-12(8-13)16-2/h3-8,15H,9-10H2,1-2H3. The van der Waals surface area contributed by atoms with Crippen LogP contribution in [0.3, 0.4) is 0 Å². The molecule has 0 aliphatic heterocycles. The molecule has 4 heteroatoms. The number of nitrogens with one attached hydrogen (secondary N) is 1. The second-order valence-corrected chi connectivity index (χ2v) is 3.87. The summed E-state index contributed by atoms with van der Waals surface area (Å²) >= 11 is 0. The van der Waals surface area contributed by atoms with Gasteiger partial charge >= 0.3 is 0 Å². The Balaban J connectivity index is 1.99. The third-order valence-electron chi connectivity index (χ3n) is 2.61. The molecule has 0 amide bonds. The van der Waals surface area contributed by atoms with Gasteiger partial charge in [-0.25, -0.2) is 0 Å². The lowest BCUT2D eigenvalue weighted by atomic mass is 10.2. The van der Waals surface area contributed by atoms with Crippen LogP contribution >= 0.6 is 0 Å². The highest BCUT2D eigenvalue weighted by Gasteiger charge is 2.06. The minimum Gasteiger partial charge on any atom is -0.497 e. The molecule has 4 nitrogen and oxygen atoms in total. The highest BCUT2D eigenvalue weighted by Crippen LogP contribution is 2.21. The van der Waals surface area contributed by atoms with E-state index in [2.05, 4.69) is 5.32 Å². The molecule has 0 aliphatic rings. The SMILES string of the molecule is CNCc1occc1COc1cccc(OC)c1. The Morgan fingerprint density at radius 1 is 1.22 bits per heavy atom. The molecule has 1 aromatic heterocycles. The molecule has 0 atom stereocenters. The Bertz CT molecular complexity index is 493. The minimum atomic E-state index is 0.487. The van der Waals surface area contributed by atoms with Crippen LogP contribution in [0, 0.1) is 0 Å². The van der Waals surface area contributed by atoms with Crippen molar-refractivity contribution in [3.63, 3.8) is 0 Å². The summed E-state index contributed by atoms with van der Waals surface area (Å²) in [6.07, 6.45) is 1.68. The van der Waals surface area contributed by atoms with E-state index < -0.39 is 0 Å². The first-order chi connectivity index (χ1) is 8.83. The first-order valence-corrected chi connectivity index (χ1v) is 5.80. The van der Waals surface area contributed by atoms with Crippen molar-refractivity contribution in [1.29, 1.82) is 0 Å². The molecule has 0 radical (unpaired) electrons. The topological polar surface area (TPSA) is 43.6 Å². The maximum Gasteiger partial charge on any atom is 0.124 e. The summed E-state index contributed by atoms with van der Waals surface area (Å²) in [5.74, 6) is 2.47. The monoisotopic (exact) mass is 247 g/mol. The van der Waals surface area contributed by atoms with Gasteiger partial charge in [-0.15, -0.1) is 0 Å². The fraction of sp³-hybridized carbons (Fsp3) is 0.286. The van der Waals surface area contributed by atoms with Crippen LogP contribution in [0.25, 0.3) is 0 Å². The zero-order chi connectivity index (χ0) is 12.8. The first-order valence-electron chi connectivity index (χ1n) is 5.80. The maximum atomic E-state index is 5.71. The lowest BCUT2D eigenvalue weighted by Crippen LogP contribution is -2.07. The predicted molar refractivity (Wildman–Crippen MR) is 68.8 cm³/mol. The van der Waals surface area contributed by atoms with Gasteiger partial charge in [-0.1, -0.05) is 6.07 Å². The number of methoxy groups -OCH3 is 1. The summed E-state index contributed by atoms with van der Waals surface area (Å²) in [5, 5.41) is 3.06. The minimum absolute atomic E-state index is 0.487. The van der Waals surface area contributed by atoms with Crippen molar-refractivity contribution in [1.82, 2.24) is 5.32 Å². The van der Waals surface area contributed by atoms with Crippen molar-refractivity contribution >= 4 is 0 Å². The van der Waals surface area contributed by atoms with E-state index in [1.807, 2.05) is 37.4 Å². The Hall–Kier alpha value is -1.94. The van der Waals surface area contributed by atoms with Crippen LogP contribution in [0.1, 0.15) is 11.3 Å². The molecule has 0 spiro atoms. The molecule has 0 fully saturated rings. The van der Waals surface area contributed by atoms with Gasteiger partial charge in [-0.3, -0.25) is 0 Å². The van der Waals surface area contributed by atoms with Crippen molar-refractivity contribution < 1.29 is 13.9 Å². The normalized spacial score (nSPS) is 10.3. The lowest BCUT2D eigenvalue weighted by molar-refractivity contribution is 0.299. The van der Waals surface area contributed by atoms with E-state index in [-0.39, 0.29) is 0 Å². The van der Waals surface area contributed by atoms with Gasteiger partial charge in [0.15, 0.2) is 0 Å². The average molecular weight is 247 g/mol. The van der Waals surface area contributed by atoms with Gasteiger partial charge in [0, 0.05) is 11.6 Å². The van der Waals surface area contributed by atoms with Crippen molar-refractivity contribution in [3.05, 3.63) is 47.9 Å². The molecule has 0 saturated heterocycles. The molecule has 18 heavy (non-hydrogen) atoms. The van der Waals surface area contributed by atoms with E-state index in [1.54, 1.807) is 13.4 Å². The van der Waals surface area contributed by atoms with Crippen molar-refractivity contribution in [2.45, 2.75) is 13.2 Å². The lowest BCUT2D eigenvalue weighted by Gasteiger charge is -2.07. The fourth-order valence-electron chi connectivity index (χ4n) is 1.66. The molecule has 2 rings (SSSR count). The summed E-state index contributed by atoms with van der Waals surface area (Å²) in [6.45, 7) is 1.19. The number of hydrogen-bond acceptors (Lipinski definition) is 4. The van der Waals surface area contributed by atoms with Gasteiger partial charge in [-0.2, -0.15) is 0 Å². The van der Waals surface area contributed by atoms with E-state index in [1.165, 1.54) is 0 Å². The molecule has 0 saturated carbocycles. The zero-order valence-corrected chi connectivity index (χ0v) is 10.6. The van der Waals surface area contributed by atoms with Crippen LogP contribution < -0.4 is 14.8 Å². The van der Waals surface area contributed by atoms with Gasteiger partial charge in [0.1, 0.15) is 23.9 Å². The summed E-state index contributed by atoms with van der Waals surface area (Å²) in [6, 6.07) is 9.47. The summed E-state index contributed by atoms with van der Waals surface area (Å²) in [5.41, 5.74) is 1.05. The van der Waals surface area contributed by atoms with Gasteiger partial charge in [-0.05, 0) is 25.2 Å². The van der Waals surface area contributed by atoms with Crippen LogP contribution in [-0.4, -0.2) is 14.2 Å². The molecule has 0 bridgehead atoms. The molecule has 1 N–H and O–H groups in total. The highest BCUT2D eigenvalue weighted by molar-refractivity contribution is 5.33. The molecule has 0 unspecified atom stereocenters. The smallest absolute Gasteiger partial charge is 0.124 e. The molecule has 96 valence electrons. The van der Waals surface area contributed by atoms with E-state index in [4.69, 9.17) is 13.9 Å². The van der Waals surface area contributed by atoms with Crippen molar-refractivity contribution in [2.24, 2.45) is 0 Å². The van der Waals surface area contributed by atoms with Crippen LogP contribution in [0.15, 0.2) is 41.0 Å². The number of rotatable bonds is 6. The van der Waals surface area contributed by atoms with Crippen molar-refractivity contribution in [2.75, 3.05) is 14.2 Å². The van der Waals surface area contributed by atoms with E-state index in [0.717, 1.165) is 22.8 Å². The number of furan rings is 1. The summed E-state index contributed by atoms with van der Waals surface area (Å²) < 4.78 is 16.2. The third-order valence-corrected chi connectivity index (χ3v) is 2.61. The summed E-state index contributed by atoms with van der Waals surface area (Å²) in [4.78, 5) is 0. The third kappa shape index (κ3) is 3.05. The van der Waals surface area contributed by atoms with E-state index in [0.29, 0.717) is 13.2 Å². The molecular formula is C14H17NO3. The Morgan fingerprint density at radius 3 is 2.83 bits per heavy atom. The van der Waals surface area contributed by atoms with Gasteiger partial charge in [0.05, 0.1) is 19.9 Å². The van der Waals surface area contributed by atoms with Crippen LogP contribution in [0.4, 0.5) is 0 Å². The Kier molecular flexibility index (Phi) is 4.25. The Morgan fingerprint density at radius 2 is 2.06 bits per heavy atom. The number of ether oxygens (including phenoxy) is 2. The summed E-state index contributed by atoms with van der Waals surface area (Å²) in [7, 11) is 3.52. The van der Waals surface area contributed by atoms with Gasteiger partial charge in [0.2, 0.25) is 0 Å². The quantitative estimate of drug-likeness (QED) is 0.852. The van der Waals surface area contributed by atoms with Crippen LogP contribution in [-0.2, 0) is 13.2 Å². The molecule has 1 aromatic carbocycles. The molecule has 0 aliphatic carbocycles. The highest BCUT2D eigenvalue weighted by atomic mass is 16.5. The largest absolute Gasteiger partial charge is 0.497 e. The Labute approximate surface area is 107 Å². The van der Waals surface area contributed by atoms with Crippen LogP contribution in [0.2, 0.25) is 0 Å². The second kappa shape index (κ2) is 6.12. The zero-order valence-electron chi connectivity index (χ0n) is 10.6. The van der Waals surface area contributed by atoms with Gasteiger partial charge in [0.25, 0.3) is 0 Å². The number of benzene rings is 1. The second-order valence-electron chi connectivity index (χ2n) is 3.87. The molecule has 2 aromatic rings. The average Bonchev–Trinajstić information content (AvgIpc) is 2.85. The van der Waals surface area contributed by atoms with E-state index >= 15 is 0 Å². The molecule has 1 heterocycles. The molecular weight excluding hydrogens is 230 g/mol. The first kappa shape index (κ1) is 12.5. The van der Waals surface area contributed by atoms with Crippen molar-refractivity contribution in [3.8, 4) is 11.5 Å². The predicted octanol–water partition coefficient (Wildman–Crippen LogP) is 2.59. The van der Waals surface area contributed by atoms with E-state index in [9.17, 15) is 0 Å². The fourth-order valence-corrected chi connectivity index (χ4v) is 1.66. The van der Waals surface area contributed by atoms with Crippen LogP contribution in [0.5, 0.6) is 11.5 Å².